The molecule has 0 aliphatic rings. The number of nitrogens with zero attached hydrogens (tertiary/aromatic N) is 1. The van der Waals surface area contributed by atoms with Crippen LogP contribution in [0.5, 0.6) is 0 Å². The maximum Gasteiger partial charge on any atom is 0.338 e. The lowest BCUT2D eigenvalue weighted by molar-refractivity contribution is 0.0694. The van der Waals surface area contributed by atoms with Crippen LogP contribution in [-0.2, 0) is 6.54 Å². The number of benzene rings is 1. The van der Waals surface area contributed by atoms with Gasteiger partial charge >= 0.3 is 5.97 Å². The second kappa shape index (κ2) is 6.81. The summed E-state index contributed by atoms with van der Waals surface area (Å²) in [4.78, 5) is 14.4. The van der Waals surface area contributed by atoms with Gasteiger partial charge in [-0.25, -0.2) is 4.79 Å². The van der Waals surface area contributed by atoms with E-state index in [9.17, 15) is 9.90 Å². The second-order valence-electron chi connectivity index (χ2n) is 4.38. The highest BCUT2D eigenvalue weighted by Gasteiger charge is 2.18. The van der Waals surface area contributed by atoms with Crippen LogP contribution in [0.4, 0.5) is 5.69 Å². The molecule has 0 spiro atoms. The van der Waals surface area contributed by atoms with Crippen LogP contribution < -0.4 is 4.90 Å². The van der Waals surface area contributed by atoms with E-state index in [1.54, 1.807) is 23.1 Å². The molecule has 0 radical (unpaired) electrons. The minimum atomic E-state index is -0.867. The van der Waals surface area contributed by atoms with Gasteiger partial charge in [-0.15, -0.1) is 11.8 Å². The first kappa shape index (κ1) is 14.9. The van der Waals surface area contributed by atoms with Gasteiger partial charge in [0, 0.05) is 18.5 Å². The molecule has 5 heteroatoms. The molecule has 0 unspecified atom stereocenters. The van der Waals surface area contributed by atoms with Crippen LogP contribution in [0.2, 0.25) is 0 Å². The van der Waals surface area contributed by atoms with Crippen molar-refractivity contribution in [3.8, 4) is 0 Å². The Bertz CT molecular complexity index is 582. The molecule has 0 saturated carbocycles. The third-order valence-electron chi connectivity index (χ3n) is 2.93. The highest BCUT2D eigenvalue weighted by molar-refractivity contribution is 7.99. The van der Waals surface area contributed by atoms with Gasteiger partial charge in [0.15, 0.2) is 0 Å². The molecule has 20 heavy (non-hydrogen) atoms. The number of carboxylic acid groups (broad SMARTS) is 1. The fourth-order valence-electron chi connectivity index (χ4n) is 2.07. The van der Waals surface area contributed by atoms with Gasteiger partial charge in [-0.1, -0.05) is 13.0 Å². The van der Waals surface area contributed by atoms with Crippen LogP contribution in [0.1, 0.15) is 22.8 Å². The van der Waals surface area contributed by atoms with Gasteiger partial charge < -0.3 is 10.0 Å². The number of aromatic carboxylic acids is 1. The summed E-state index contributed by atoms with van der Waals surface area (Å²) in [5.41, 5.74) is 2.36. The molecule has 3 nitrogen and oxygen atoms in total. The molecule has 0 amide bonds. The summed E-state index contributed by atoms with van der Waals surface area (Å²) in [7, 11) is 1.93. The molecule has 0 fully saturated rings. The molecule has 0 bridgehead atoms. The number of hydrogen-bond acceptors (Lipinski definition) is 4. The van der Waals surface area contributed by atoms with Gasteiger partial charge in [0.2, 0.25) is 0 Å². The van der Waals surface area contributed by atoms with Gasteiger partial charge in [-0.2, -0.15) is 11.3 Å². The molecule has 0 atom stereocenters. The van der Waals surface area contributed by atoms with Crippen molar-refractivity contribution >= 4 is 34.8 Å². The summed E-state index contributed by atoms with van der Waals surface area (Å²) in [5.74, 6) is -0.00782. The van der Waals surface area contributed by atoms with E-state index in [1.165, 1.54) is 5.56 Å². The average molecular weight is 307 g/mol. The number of anilines is 1. The summed E-state index contributed by atoms with van der Waals surface area (Å²) in [6.07, 6.45) is 0. The fraction of sp³-hybridized carbons (Fsp3) is 0.267. The Balaban J connectivity index is 2.34. The fourth-order valence-corrected chi connectivity index (χ4v) is 3.55. The van der Waals surface area contributed by atoms with Gasteiger partial charge in [0.05, 0.1) is 11.3 Å². The standard InChI is InChI=1S/C15H17NO2S2/c1-3-20-13-6-4-5-12(14(13)15(17)18)16(2)9-11-7-8-19-10-11/h4-8,10H,3,9H2,1-2H3,(H,17,18). The number of thioether (sulfide) groups is 1. The first-order chi connectivity index (χ1) is 9.63. The number of hydrogen-bond donors (Lipinski definition) is 1. The minimum Gasteiger partial charge on any atom is -0.478 e. The van der Waals surface area contributed by atoms with E-state index in [0.717, 1.165) is 16.3 Å². The van der Waals surface area contributed by atoms with E-state index in [4.69, 9.17) is 0 Å². The van der Waals surface area contributed by atoms with Crippen LogP contribution in [0.15, 0.2) is 39.9 Å². The predicted octanol–water partition coefficient (Wildman–Crippen LogP) is 4.19. The molecule has 1 N–H and O–H groups in total. The van der Waals surface area contributed by atoms with Crippen molar-refractivity contribution in [3.63, 3.8) is 0 Å². The van der Waals surface area contributed by atoms with Gasteiger partial charge in [-0.3, -0.25) is 0 Å². The van der Waals surface area contributed by atoms with Crippen molar-refractivity contribution in [1.29, 1.82) is 0 Å². The Morgan fingerprint density at radius 3 is 2.80 bits per heavy atom. The molecule has 0 aliphatic heterocycles. The molecule has 106 valence electrons. The molecule has 0 saturated heterocycles. The largest absolute Gasteiger partial charge is 0.478 e. The normalized spacial score (nSPS) is 10.5. The zero-order valence-corrected chi connectivity index (χ0v) is 13.1. The van der Waals surface area contributed by atoms with Crippen LogP contribution in [-0.4, -0.2) is 23.9 Å². The zero-order valence-electron chi connectivity index (χ0n) is 11.5. The van der Waals surface area contributed by atoms with Crippen molar-refractivity contribution in [3.05, 3.63) is 46.2 Å². The van der Waals surface area contributed by atoms with E-state index in [2.05, 4.69) is 11.4 Å². The Morgan fingerprint density at radius 2 is 2.20 bits per heavy atom. The summed E-state index contributed by atoms with van der Waals surface area (Å²) in [5, 5.41) is 13.6. The van der Waals surface area contributed by atoms with Crippen molar-refractivity contribution < 1.29 is 9.90 Å². The summed E-state index contributed by atoms with van der Waals surface area (Å²) >= 11 is 3.22. The molecular formula is C15H17NO2S2. The third-order valence-corrected chi connectivity index (χ3v) is 4.60. The van der Waals surface area contributed by atoms with E-state index in [1.807, 2.05) is 42.5 Å². The zero-order chi connectivity index (χ0) is 14.5. The molecule has 1 heterocycles. The maximum atomic E-state index is 11.6. The van der Waals surface area contributed by atoms with Crippen LogP contribution in [0, 0.1) is 0 Å². The lowest BCUT2D eigenvalue weighted by Gasteiger charge is -2.22. The first-order valence-corrected chi connectivity index (χ1v) is 8.27. The summed E-state index contributed by atoms with van der Waals surface area (Å²) in [6, 6.07) is 7.73. The topological polar surface area (TPSA) is 40.5 Å². The van der Waals surface area contributed by atoms with Gasteiger partial charge in [0.1, 0.15) is 0 Å². The molecule has 1 aromatic heterocycles. The highest BCUT2D eigenvalue weighted by Crippen LogP contribution is 2.31. The SMILES string of the molecule is CCSc1cccc(N(C)Cc2ccsc2)c1C(=O)O. The van der Waals surface area contributed by atoms with Crippen LogP contribution in [0.25, 0.3) is 0 Å². The Kier molecular flexibility index (Phi) is 5.09. The van der Waals surface area contributed by atoms with E-state index in [0.29, 0.717) is 12.1 Å². The summed E-state index contributed by atoms with van der Waals surface area (Å²) in [6.45, 7) is 2.74. The van der Waals surface area contributed by atoms with Crippen LogP contribution in [0.3, 0.4) is 0 Å². The van der Waals surface area contributed by atoms with Crippen LogP contribution >= 0.6 is 23.1 Å². The minimum absolute atomic E-state index is 0.400. The Hall–Kier alpha value is -1.46. The van der Waals surface area contributed by atoms with E-state index >= 15 is 0 Å². The third kappa shape index (κ3) is 3.35. The number of carboxylic acids is 1. The quantitative estimate of drug-likeness (QED) is 0.812. The van der Waals surface area contributed by atoms with Gasteiger partial charge in [-0.05, 0) is 40.3 Å². The Morgan fingerprint density at radius 1 is 1.40 bits per heavy atom. The van der Waals surface area contributed by atoms with Crippen molar-refractivity contribution in [2.24, 2.45) is 0 Å². The maximum absolute atomic E-state index is 11.6. The lowest BCUT2D eigenvalue weighted by atomic mass is 10.1. The summed E-state index contributed by atoms with van der Waals surface area (Å²) < 4.78 is 0. The number of thiophene rings is 1. The second-order valence-corrected chi connectivity index (χ2v) is 6.46. The molecule has 1 aromatic carbocycles. The Labute approximate surface area is 127 Å². The predicted molar refractivity (Wildman–Crippen MR) is 86.2 cm³/mol. The molecule has 0 aliphatic carbocycles. The number of rotatable bonds is 6. The van der Waals surface area contributed by atoms with Crippen molar-refractivity contribution in [1.82, 2.24) is 0 Å². The molecule has 2 rings (SSSR count). The van der Waals surface area contributed by atoms with E-state index in [-0.39, 0.29) is 0 Å². The first-order valence-electron chi connectivity index (χ1n) is 6.34. The monoisotopic (exact) mass is 307 g/mol. The van der Waals surface area contributed by atoms with E-state index < -0.39 is 5.97 Å². The molecular weight excluding hydrogens is 290 g/mol. The lowest BCUT2D eigenvalue weighted by Crippen LogP contribution is -2.19. The van der Waals surface area contributed by atoms with Crippen molar-refractivity contribution in [2.75, 3.05) is 17.7 Å². The molecule has 2 aromatic rings. The highest BCUT2D eigenvalue weighted by atomic mass is 32.2. The van der Waals surface area contributed by atoms with Crippen molar-refractivity contribution in [2.45, 2.75) is 18.4 Å². The number of carbonyl (C=O) groups is 1. The van der Waals surface area contributed by atoms with Gasteiger partial charge in [0.25, 0.3) is 0 Å². The smallest absolute Gasteiger partial charge is 0.338 e. The average Bonchev–Trinajstić information content (AvgIpc) is 2.91.